The Morgan fingerprint density at radius 1 is 1.00 bits per heavy atom. The second-order valence-electron chi connectivity index (χ2n) is 6.72. The van der Waals surface area contributed by atoms with Crippen molar-refractivity contribution in [3.05, 3.63) is 62.5 Å². The minimum Gasteiger partial charge on any atom is -0.462 e. The fourth-order valence-corrected chi connectivity index (χ4v) is 3.29. The summed E-state index contributed by atoms with van der Waals surface area (Å²) in [5.74, 6) is -2.20. The van der Waals surface area contributed by atoms with Gasteiger partial charge < -0.3 is 14.8 Å². The van der Waals surface area contributed by atoms with Gasteiger partial charge in [0.2, 0.25) is 0 Å². The first kappa shape index (κ1) is 22.1. The third-order valence-electron chi connectivity index (χ3n) is 4.52. The number of para-hydroxylation sites is 1. The van der Waals surface area contributed by atoms with Gasteiger partial charge in [0.1, 0.15) is 0 Å². The third kappa shape index (κ3) is 4.82. The lowest BCUT2D eigenvalue weighted by atomic mass is 9.79. The maximum absolute atomic E-state index is 12.9. The van der Waals surface area contributed by atoms with E-state index in [1.165, 1.54) is 6.07 Å². The van der Waals surface area contributed by atoms with Crippen LogP contribution in [0, 0.1) is 10.1 Å². The zero-order valence-electron chi connectivity index (χ0n) is 17.1. The number of benzene rings is 1. The van der Waals surface area contributed by atoms with Crippen LogP contribution in [0.5, 0.6) is 0 Å². The van der Waals surface area contributed by atoms with Gasteiger partial charge in [-0.2, -0.15) is 0 Å². The summed E-state index contributed by atoms with van der Waals surface area (Å²) in [6.45, 7) is 7.51. The predicted octanol–water partition coefficient (Wildman–Crippen LogP) is 3.74. The Morgan fingerprint density at radius 2 is 1.48 bits per heavy atom. The van der Waals surface area contributed by atoms with E-state index >= 15 is 0 Å². The van der Waals surface area contributed by atoms with Gasteiger partial charge in [-0.05, 0) is 26.7 Å². The topological polar surface area (TPSA) is 108 Å². The average Bonchev–Trinajstić information content (AvgIpc) is 2.69. The molecule has 0 radical (unpaired) electrons. The second-order valence-corrected chi connectivity index (χ2v) is 6.72. The van der Waals surface area contributed by atoms with Gasteiger partial charge in [0.15, 0.2) is 0 Å². The van der Waals surface area contributed by atoms with E-state index in [9.17, 15) is 19.7 Å². The SMILES string of the molecule is CCCOC(=O)C1=C(C)NC(C)=C(C(=O)OCCC)C1c1ccccc1[N+](=O)[O-]. The summed E-state index contributed by atoms with van der Waals surface area (Å²) in [5, 5.41) is 14.7. The average molecular weight is 402 g/mol. The lowest BCUT2D eigenvalue weighted by Gasteiger charge is -2.30. The van der Waals surface area contributed by atoms with Crippen LogP contribution in [-0.4, -0.2) is 30.1 Å². The Hall–Kier alpha value is -3.16. The van der Waals surface area contributed by atoms with Crippen LogP contribution in [0.15, 0.2) is 46.8 Å². The van der Waals surface area contributed by atoms with Crippen LogP contribution in [0.1, 0.15) is 52.0 Å². The van der Waals surface area contributed by atoms with Crippen LogP contribution in [0.2, 0.25) is 0 Å². The molecule has 29 heavy (non-hydrogen) atoms. The molecule has 8 nitrogen and oxygen atoms in total. The molecule has 0 saturated heterocycles. The summed E-state index contributed by atoms with van der Waals surface area (Å²) in [7, 11) is 0. The molecule has 0 bridgehead atoms. The van der Waals surface area contributed by atoms with Crippen LogP contribution in [-0.2, 0) is 19.1 Å². The lowest BCUT2D eigenvalue weighted by Crippen LogP contribution is -2.33. The van der Waals surface area contributed by atoms with E-state index < -0.39 is 22.8 Å². The van der Waals surface area contributed by atoms with Crippen molar-refractivity contribution in [2.24, 2.45) is 0 Å². The van der Waals surface area contributed by atoms with Crippen molar-refractivity contribution in [3.8, 4) is 0 Å². The molecule has 0 spiro atoms. The Labute approximate surface area is 169 Å². The Balaban J connectivity index is 2.68. The molecule has 0 amide bonds. The number of rotatable bonds is 8. The summed E-state index contributed by atoms with van der Waals surface area (Å²) in [6.07, 6.45) is 1.25. The van der Waals surface area contributed by atoms with E-state index in [1.54, 1.807) is 32.0 Å². The van der Waals surface area contributed by atoms with Crippen molar-refractivity contribution in [1.29, 1.82) is 0 Å². The largest absolute Gasteiger partial charge is 0.462 e. The van der Waals surface area contributed by atoms with E-state index in [-0.39, 0.29) is 35.6 Å². The highest BCUT2D eigenvalue weighted by Crippen LogP contribution is 2.42. The molecule has 1 N–H and O–H groups in total. The highest BCUT2D eigenvalue weighted by Gasteiger charge is 2.40. The molecule has 8 heteroatoms. The minimum absolute atomic E-state index is 0.168. The number of dihydropyridines is 1. The smallest absolute Gasteiger partial charge is 0.336 e. The standard InChI is InChI=1S/C21H26N2O6/c1-5-11-28-20(24)17-13(3)22-14(4)18(21(25)29-12-6-2)19(17)15-9-7-8-10-16(15)23(26)27/h7-10,19,22H,5-6,11-12H2,1-4H3. The van der Waals surface area contributed by atoms with Crippen molar-refractivity contribution >= 4 is 17.6 Å². The zero-order valence-corrected chi connectivity index (χ0v) is 17.1. The number of esters is 2. The Kier molecular flexibility index (Phi) is 7.52. The maximum atomic E-state index is 12.9. The number of hydrogen-bond donors (Lipinski definition) is 1. The number of carbonyl (C=O) groups is 2. The number of allylic oxidation sites excluding steroid dienone is 2. The molecule has 0 aliphatic carbocycles. The molecule has 2 rings (SSSR count). The predicted molar refractivity (Wildman–Crippen MR) is 107 cm³/mol. The van der Waals surface area contributed by atoms with Gasteiger partial charge in [-0.25, -0.2) is 9.59 Å². The molecule has 1 aromatic carbocycles. The van der Waals surface area contributed by atoms with Crippen molar-refractivity contribution in [3.63, 3.8) is 0 Å². The first-order valence-electron chi connectivity index (χ1n) is 9.59. The van der Waals surface area contributed by atoms with E-state index in [4.69, 9.17) is 9.47 Å². The third-order valence-corrected chi connectivity index (χ3v) is 4.52. The molecular formula is C21H26N2O6. The van der Waals surface area contributed by atoms with E-state index in [2.05, 4.69) is 5.32 Å². The van der Waals surface area contributed by atoms with Crippen LogP contribution < -0.4 is 5.32 Å². The first-order valence-corrected chi connectivity index (χ1v) is 9.59. The van der Waals surface area contributed by atoms with Crippen LogP contribution in [0.3, 0.4) is 0 Å². The number of hydrogen-bond acceptors (Lipinski definition) is 7. The van der Waals surface area contributed by atoms with Crippen molar-refractivity contribution in [2.75, 3.05) is 13.2 Å². The van der Waals surface area contributed by atoms with Gasteiger partial charge in [-0.15, -0.1) is 0 Å². The van der Waals surface area contributed by atoms with Gasteiger partial charge in [-0.3, -0.25) is 10.1 Å². The van der Waals surface area contributed by atoms with Crippen molar-refractivity contribution in [1.82, 2.24) is 5.32 Å². The molecule has 1 aliphatic rings. The minimum atomic E-state index is -0.966. The van der Waals surface area contributed by atoms with Crippen LogP contribution >= 0.6 is 0 Å². The summed E-state index contributed by atoms with van der Waals surface area (Å²) in [4.78, 5) is 36.8. The van der Waals surface area contributed by atoms with Crippen LogP contribution in [0.4, 0.5) is 5.69 Å². The zero-order chi connectivity index (χ0) is 21.6. The molecule has 0 unspecified atom stereocenters. The monoisotopic (exact) mass is 402 g/mol. The van der Waals surface area contributed by atoms with E-state index in [0.717, 1.165) is 0 Å². The Morgan fingerprint density at radius 3 is 1.93 bits per heavy atom. The second kappa shape index (κ2) is 9.86. The number of nitro groups is 1. The van der Waals surface area contributed by atoms with Gasteiger partial charge >= 0.3 is 11.9 Å². The number of carbonyl (C=O) groups excluding carboxylic acids is 2. The van der Waals surface area contributed by atoms with Gasteiger partial charge in [-0.1, -0.05) is 32.0 Å². The quantitative estimate of drug-likeness (QED) is 0.401. The highest BCUT2D eigenvalue weighted by atomic mass is 16.6. The fraction of sp³-hybridized carbons (Fsp3) is 0.429. The van der Waals surface area contributed by atoms with Gasteiger partial charge in [0.25, 0.3) is 5.69 Å². The van der Waals surface area contributed by atoms with Crippen molar-refractivity contribution < 1.29 is 24.0 Å². The van der Waals surface area contributed by atoms with E-state index in [1.807, 2.05) is 13.8 Å². The lowest BCUT2D eigenvalue weighted by molar-refractivity contribution is -0.385. The van der Waals surface area contributed by atoms with Crippen LogP contribution in [0.25, 0.3) is 0 Å². The summed E-state index contributed by atoms with van der Waals surface area (Å²) >= 11 is 0. The molecule has 0 fully saturated rings. The Bertz CT molecular complexity index is 830. The molecule has 1 heterocycles. The number of nitrogens with zero attached hydrogens (tertiary/aromatic N) is 1. The molecule has 0 aromatic heterocycles. The molecule has 0 saturated carbocycles. The molecule has 0 atom stereocenters. The van der Waals surface area contributed by atoms with Gasteiger partial charge in [0.05, 0.1) is 35.2 Å². The van der Waals surface area contributed by atoms with E-state index in [0.29, 0.717) is 24.2 Å². The first-order chi connectivity index (χ1) is 13.8. The fourth-order valence-electron chi connectivity index (χ4n) is 3.29. The summed E-state index contributed by atoms with van der Waals surface area (Å²) in [6, 6.07) is 6.08. The molecule has 1 aromatic rings. The molecular weight excluding hydrogens is 376 g/mol. The number of nitrogens with one attached hydrogen (secondary N) is 1. The highest BCUT2D eigenvalue weighted by molar-refractivity contribution is 6.00. The maximum Gasteiger partial charge on any atom is 0.336 e. The molecule has 1 aliphatic heterocycles. The normalized spacial score (nSPS) is 14.5. The summed E-state index contributed by atoms with van der Waals surface area (Å²) < 4.78 is 10.6. The molecule has 156 valence electrons. The number of nitro benzene ring substituents is 1. The van der Waals surface area contributed by atoms with Crippen molar-refractivity contribution in [2.45, 2.75) is 46.5 Å². The van der Waals surface area contributed by atoms with Gasteiger partial charge in [0, 0.05) is 23.0 Å². The number of ether oxygens (including phenoxy) is 2. The summed E-state index contributed by atoms with van der Waals surface area (Å²) in [5.41, 5.74) is 1.37.